The van der Waals surface area contributed by atoms with Crippen molar-refractivity contribution in [3.8, 4) is 0 Å². The lowest BCUT2D eigenvalue weighted by molar-refractivity contribution is -0.133. The molecule has 1 aromatic heterocycles. The number of anilines is 1. The van der Waals surface area contributed by atoms with Crippen LogP contribution in [0.4, 0.5) is 5.13 Å². The highest BCUT2D eigenvalue weighted by Gasteiger charge is 2.27. The Balaban J connectivity index is 1.33. The average molecular weight is 428 g/mol. The molecule has 1 unspecified atom stereocenters. The number of thiazole rings is 1. The van der Waals surface area contributed by atoms with Gasteiger partial charge < -0.3 is 4.74 Å². The largest absolute Gasteiger partial charge is 0.366 e. The van der Waals surface area contributed by atoms with Crippen LogP contribution >= 0.6 is 22.9 Å². The third-order valence-corrected chi connectivity index (χ3v) is 6.08. The number of hydrogen-bond acceptors (Lipinski definition) is 5. The van der Waals surface area contributed by atoms with E-state index in [0.717, 1.165) is 28.6 Å². The Hall–Kier alpha value is -2.25. The van der Waals surface area contributed by atoms with Crippen LogP contribution in [0.15, 0.2) is 60.8 Å². The third-order valence-electron chi connectivity index (χ3n) is 4.80. The van der Waals surface area contributed by atoms with Crippen LogP contribution in [0, 0.1) is 0 Å². The van der Waals surface area contributed by atoms with E-state index in [2.05, 4.69) is 27.3 Å². The van der Waals surface area contributed by atoms with Crippen molar-refractivity contribution in [3.63, 3.8) is 0 Å². The second-order valence-corrected chi connectivity index (χ2v) is 8.49. The van der Waals surface area contributed by atoms with Crippen LogP contribution in [0.1, 0.15) is 16.0 Å². The molecule has 1 fully saturated rings. The zero-order valence-corrected chi connectivity index (χ0v) is 17.5. The van der Waals surface area contributed by atoms with Crippen molar-refractivity contribution in [2.45, 2.75) is 19.1 Å². The number of aromatic nitrogens is 1. The number of hydrogen-bond donors (Lipinski definition) is 1. The molecule has 0 aliphatic carbocycles. The summed E-state index contributed by atoms with van der Waals surface area (Å²) in [5, 5.41) is 4.22. The molecule has 0 bridgehead atoms. The fourth-order valence-electron chi connectivity index (χ4n) is 3.31. The van der Waals surface area contributed by atoms with Crippen molar-refractivity contribution >= 4 is 34.0 Å². The van der Waals surface area contributed by atoms with Crippen molar-refractivity contribution in [3.05, 3.63) is 81.8 Å². The fourth-order valence-corrected chi connectivity index (χ4v) is 4.35. The van der Waals surface area contributed by atoms with Crippen LogP contribution in [0.25, 0.3) is 0 Å². The Morgan fingerprint density at radius 2 is 2.00 bits per heavy atom. The number of halogens is 1. The Morgan fingerprint density at radius 1 is 1.21 bits per heavy atom. The standard InChI is InChI=1S/C22H22ClN3O2S/c23-19-9-5-4-8-17(19)12-18-13-24-22(29-18)25-21(27)20-15-26(10-11-28-20)14-16-6-2-1-3-7-16/h1-9,13,20H,10-12,14-15H2,(H,24,25,27). The Kier molecular flexibility index (Phi) is 6.56. The molecule has 29 heavy (non-hydrogen) atoms. The Morgan fingerprint density at radius 3 is 2.83 bits per heavy atom. The van der Waals surface area contributed by atoms with Crippen LogP contribution in [0.5, 0.6) is 0 Å². The van der Waals surface area contributed by atoms with Crippen LogP contribution in [-0.2, 0) is 22.5 Å². The summed E-state index contributed by atoms with van der Waals surface area (Å²) in [6.07, 6.45) is 1.98. The number of morpholine rings is 1. The first-order valence-electron chi connectivity index (χ1n) is 9.54. The van der Waals surface area contributed by atoms with Crippen molar-refractivity contribution < 1.29 is 9.53 Å². The van der Waals surface area contributed by atoms with Gasteiger partial charge in [0.25, 0.3) is 5.91 Å². The second-order valence-electron chi connectivity index (χ2n) is 6.97. The van der Waals surface area contributed by atoms with Crippen LogP contribution in [0.3, 0.4) is 0 Å². The first-order valence-corrected chi connectivity index (χ1v) is 10.7. The van der Waals surface area contributed by atoms with E-state index in [1.165, 1.54) is 16.9 Å². The molecule has 2 aromatic carbocycles. The number of ether oxygens (including phenoxy) is 1. The molecule has 0 spiro atoms. The monoisotopic (exact) mass is 427 g/mol. The third kappa shape index (κ3) is 5.42. The first-order chi connectivity index (χ1) is 14.2. The number of rotatable bonds is 6. The van der Waals surface area contributed by atoms with Gasteiger partial charge in [-0.3, -0.25) is 15.0 Å². The molecule has 5 nitrogen and oxygen atoms in total. The minimum absolute atomic E-state index is 0.151. The van der Waals surface area contributed by atoms with Crippen molar-refractivity contribution in [2.24, 2.45) is 0 Å². The number of amides is 1. The summed E-state index contributed by atoms with van der Waals surface area (Å²) in [5.74, 6) is -0.151. The van der Waals surface area contributed by atoms with Gasteiger partial charge in [-0.25, -0.2) is 4.98 Å². The summed E-state index contributed by atoms with van der Waals surface area (Å²) < 4.78 is 5.70. The van der Waals surface area contributed by atoms with Gasteiger partial charge in [0.2, 0.25) is 0 Å². The highest BCUT2D eigenvalue weighted by molar-refractivity contribution is 7.15. The minimum Gasteiger partial charge on any atom is -0.366 e. The lowest BCUT2D eigenvalue weighted by Gasteiger charge is -2.31. The molecule has 3 aromatic rings. The summed E-state index contributed by atoms with van der Waals surface area (Å²) in [5.41, 5.74) is 2.28. The number of benzene rings is 2. The van der Waals surface area contributed by atoms with E-state index in [0.29, 0.717) is 24.7 Å². The molecule has 0 radical (unpaired) electrons. The van der Waals surface area contributed by atoms with E-state index in [1.807, 2.05) is 42.5 Å². The fraction of sp³-hybridized carbons (Fsp3) is 0.273. The molecule has 1 saturated heterocycles. The topological polar surface area (TPSA) is 54.5 Å². The van der Waals surface area contributed by atoms with Gasteiger partial charge in [-0.1, -0.05) is 60.1 Å². The molecule has 1 amide bonds. The SMILES string of the molecule is O=C(Nc1ncc(Cc2ccccc2Cl)s1)C1CN(Cc2ccccc2)CCO1. The summed E-state index contributed by atoms with van der Waals surface area (Å²) in [7, 11) is 0. The first kappa shape index (κ1) is 20.0. The van der Waals surface area contributed by atoms with Gasteiger partial charge in [0.1, 0.15) is 6.10 Å². The number of carbonyl (C=O) groups excluding carboxylic acids is 1. The number of nitrogens with one attached hydrogen (secondary N) is 1. The van der Waals surface area contributed by atoms with Gasteiger partial charge in [-0.15, -0.1) is 11.3 Å². The summed E-state index contributed by atoms with van der Waals surface area (Å²) >= 11 is 7.69. The molecule has 150 valence electrons. The summed E-state index contributed by atoms with van der Waals surface area (Å²) in [4.78, 5) is 20.3. The van der Waals surface area contributed by atoms with Gasteiger partial charge in [0.05, 0.1) is 6.61 Å². The number of nitrogens with zero attached hydrogens (tertiary/aromatic N) is 2. The lowest BCUT2D eigenvalue weighted by Crippen LogP contribution is -2.47. The van der Waals surface area contributed by atoms with Crippen LogP contribution in [-0.4, -0.2) is 41.6 Å². The van der Waals surface area contributed by atoms with E-state index < -0.39 is 6.10 Å². The molecule has 1 aliphatic heterocycles. The van der Waals surface area contributed by atoms with E-state index in [1.54, 1.807) is 6.20 Å². The Labute approximate surface area is 179 Å². The van der Waals surface area contributed by atoms with Gasteiger partial charge in [0, 0.05) is 42.2 Å². The van der Waals surface area contributed by atoms with Gasteiger partial charge in [-0.05, 0) is 17.2 Å². The highest BCUT2D eigenvalue weighted by Crippen LogP contribution is 2.25. The molecule has 7 heteroatoms. The average Bonchev–Trinajstić information content (AvgIpc) is 3.17. The minimum atomic E-state index is -0.497. The highest BCUT2D eigenvalue weighted by atomic mass is 35.5. The van der Waals surface area contributed by atoms with E-state index in [-0.39, 0.29) is 5.91 Å². The molecule has 0 saturated carbocycles. The van der Waals surface area contributed by atoms with Crippen LogP contribution < -0.4 is 5.32 Å². The van der Waals surface area contributed by atoms with Gasteiger partial charge in [-0.2, -0.15) is 0 Å². The molecular weight excluding hydrogens is 406 g/mol. The summed E-state index contributed by atoms with van der Waals surface area (Å²) in [6, 6.07) is 18.0. The van der Waals surface area contributed by atoms with Gasteiger partial charge >= 0.3 is 0 Å². The molecule has 1 N–H and O–H groups in total. The molecule has 4 rings (SSSR count). The number of carbonyl (C=O) groups is 1. The van der Waals surface area contributed by atoms with Crippen molar-refractivity contribution in [1.82, 2.24) is 9.88 Å². The van der Waals surface area contributed by atoms with Crippen molar-refractivity contribution in [2.75, 3.05) is 25.0 Å². The van der Waals surface area contributed by atoms with E-state index in [4.69, 9.17) is 16.3 Å². The zero-order valence-electron chi connectivity index (χ0n) is 15.9. The smallest absolute Gasteiger partial charge is 0.256 e. The van der Waals surface area contributed by atoms with Crippen LogP contribution in [0.2, 0.25) is 5.02 Å². The maximum atomic E-state index is 12.7. The molecular formula is C22H22ClN3O2S. The molecule has 1 atom stereocenters. The molecule has 1 aliphatic rings. The maximum absolute atomic E-state index is 12.7. The van der Waals surface area contributed by atoms with Gasteiger partial charge in [0.15, 0.2) is 5.13 Å². The second kappa shape index (κ2) is 9.50. The van der Waals surface area contributed by atoms with E-state index in [9.17, 15) is 4.79 Å². The predicted molar refractivity (Wildman–Crippen MR) is 116 cm³/mol. The normalized spacial score (nSPS) is 17.2. The zero-order chi connectivity index (χ0) is 20.1. The predicted octanol–water partition coefficient (Wildman–Crippen LogP) is 4.23. The maximum Gasteiger partial charge on any atom is 0.256 e. The quantitative estimate of drug-likeness (QED) is 0.639. The Bertz CT molecular complexity index is 963. The van der Waals surface area contributed by atoms with Crippen molar-refractivity contribution in [1.29, 1.82) is 0 Å². The van der Waals surface area contributed by atoms with E-state index >= 15 is 0 Å². The summed E-state index contributed by atoms with van der Waals surface area (Å²) in [6.45, 7) is 2.74. The molecule has 2 heterocycles. The lowest BCUT2D eigenvalue weighted by atomic mass is 10.1.